The predicted molar refractivity (Wildman–Crippen MR) is 131 cm³/mol. The summed E-state index contributed by atoms with van der Waals surface area (Å²) in [5.41, 5.74) is 3.31. The van der Waals surface area contributed by atoms with Gasteiger partial charge >= 0.3 is 0 Å². The molecule has 0 radical (unpaired) electrons. The summed E-state index contributed by atoms with van der Waals surface area (Å²) in [6.45, 7) is 9.12. The van der Waals surface area contributed by atoms with E-state index < -0.39 is 11.7 Å². The Balaban J connectivity index is 1.63. The number of aromatic nitrogens is 1. The fourth-order valence-corrected chi connectivity index (χ4v) is 4.58. The second kappa shape index (κ2) is 9.84. The maximum atomic E-state index is 14.3. The van der Waals surface area contributed by atoms with Gasteiger partial charge in [-0.25, -0.2) is 4.39 Å². The van der Waals surface area contributed by atoms with Crippen molar-refractivity contribution in [2.24, 2.45) is 0 Å². The molecule has 0 saturated heterocycles. The van der Waals surface area contributed by atoms with E-state index in [0.717, 1.165) is 11.3 Å². The van der Waals surface area contributed by atoms with Gasteiger partial charge in [0.25, 0.3) is 5.91 Å². The lowest BCUT2D eigenvalue weighted by atomic mass is 9.95. The summed E-state index contributed by atoms with van der Waals surface area (Å²) < 4.78 is 16.5. The van der Waals surface area contributed by atoms with Gasteiger partial charge in [0.15, 0.2) is 0 Å². The van der Waals surface area contributed by atoms with Crippen molar-refractivity contribution in [3.63, 3.8) is 0 Å². The number of hydrogen-bond acceptors (Lipinski definition) is 2. The van der Waals surface area contributed by atoms with Gasteiger partial charge in [0.2, 0.25) is 5.91 Å². The highest BCUT2D eigenvalue weighted by Crippen LogP contribution is 2.33. The van der Waals surface area contributed by atoms with Crippen LogP contribution in [0, 0.1) is 5.82 Å². The zero-order valence-electron chi connectivity index (χ0n) is 20.2. The number of halogens is 1. The molecule has 1 aliphatic rings. The van der Waals surface area contributed by atoms with E-state index in [1.54, 1.807) is 12.1 Å². The number of nitrogens with zero attached hydrogens (tertiary/aromatic N) is 3. The molecule has 3 aromatic rings. The molecule has 6 heteroatoms. The van der Waals surface area contributed by atoms with Crippen LogP contribution in [0.15, 0.2) is 66.9 Å². The molecule has 0 bridgehead atoms. The Hall–Kier alpha value is -3.41. The second-order valence-electron chi connectivity index (χ2n) is 9.44. The molecule has 2 heterocycles. The van der Waals surface area contributed by atoms with Gasteiger partial charge in [-0.15, -0.1) is 0 Å². The number of carbonyl (C=O) groups excluding carboxylic acids is 2. The first-order valence-corrected chi connectivity index (χ1v) is 11.9. The van der Waals surface area contributed by atoms with E-state index in [2.05, 4.69) is 42.7 Å². The molecule has 178 valence electrons. The van der Waals surface area contributed by atoms with Gasteiger partial charge in [0.05, 0.1) is 11.6 Å². The minimum absolute atomic E-state index is 0.0163. The van der Waals surface area contributed by atoms with Crippen molar-refractivity contribution in [2.75, 3.05) is 13.1 Å². The fourth-order valence-electron chi connectivity index (χ4n) is 4.58. The van der Waals surface area contributed by atoms with E-state index in [1.807, 2.05) is 37.1 Å². The van der Waals surface area contributed by atoms with E-state index in [4.69, 9.17) is 0 Å². The monoisotopic (exact) mass is 461 g/mol. The van der Waals surface area contributed by atoms with Gasteiger partial charge in [-0.3, -0.25) is 9.59 Å². The predicted octanol–water partition coefficient (Wildman–Crippen LogP) is 5.23. The Morgan fingerprint density at radius 3 is 2.32 bits per heavy atom. The van der Waals surface area contributed by atoms with Crippen molar-refractivity contribution in [3.05, 3.63) is 95.1 Å². The Kier molecular flexibility index (Phi) is 6.87. The summed E-state index contributed by atoms with van der Waals surface area (Å²) in [6.07, 6.45) is 2.04. The summed E-state index contributed by atoms with van der Waals surface area (Å²) in [5, 5.41) is 0. The fraction of sp³-hybridized carbons (Fsp3) is 0.357. The first kappa shape index (κ1) is 23.7. The maximum Gasteiger partial charge on any atom is 0.257 e. The van der Waals surface area contributed by atoms with Crippen molar-refractivity contribution in [1.29, 1.82) is 0 Å². The number of rotatable bonds is 6. The molecule has 5 nitrogen and oxygen atoms in total. The molecule has 0 saturated carbocycles. The number of hydrogen-bond donors (Lipinski definition) is 0. The molecule has 1 unspecified atom stereocenters. The lowest BCUT2D eigenvalue weighted by Gasteiger charge is -2.39. The van der Waals surface area contributed by atoms with E-state index in [1.165, 1.54) is 22.6 Å². The van der Waals surface area contributed by atoms with Crippen molar-refractivity contribution >= 4 is 11.8 Å². The second-order valence-corrected chi connectivity index (χ2v) is 9.44. The zero-order valence-corrected chi connectivity index (χ0v) is 20.2. The number of amides is 2. The molecule has 0 fully saturated rings. The summed E-state index contributed by atoms with van der Waals surface area (Å²) in [6, 6.07) is 17.9. The van der Waals surface area contributed by atoms with Crippen LogP contribution in [0.3, 0.4) is 0 Å². The molecule has 1 aliphatic heterocycles. The van der Waals surface area contributed by atoms with Crippen molar-refractivity contribution < 1.29 is 14.0 Å². The molecule has 0 spiro atoms. The van der Waals surface area contributed by atoms with Crippen LogP contribution < -0.4 is 0 Å². The van der Waals surface area contributed by atoms with Gasteiger partial charge in [-0.05, 0) is 55.2 Å². The van der Waals surface area contributed by atoms with E-state index in [-0.39, 0.29) is 30.1 Å². The lowest BCUT2D eigenvalue weighted by molar-refractivity contribution is -0.135. The molecule has 2 aromatic carbocycles. The van der Waals surface area contributed by atoms with E-state index in [9.17, 15) is 14.0 Å². The molecular weight excluding hydrogens is 429 g/mol. The molecule has 34 heavy (non-hydrogen) atoms. The molecular formula is C28H32FN3O2. The largest absolute Gasteiger partial charge is 0.348 e. The van der Waals surface area contributed by atoms with Gasteiger partial charge in [-0.1, -0.05) is 50.2 Å². The van der Waals surface area contributed by atoms with Crippen molar-refractivity contribution in [1.82, 2.24) is 14.4 Å². The standard InChI is InChI=1S/C28H32FN3O2/c1-19(2)21-11-13-22(14-12-21)27-25-10-7-15-30(25)16-17-31(27)26(33)18-32(20(3)4)28(34)23-8-5-6-9-24(23)29/h5-15,19-20,27H,16-18H2,1-4H3. The molecule has 1 aromatic heterocycles. The highest BCUT2D eigenvalue weighted by molar-refractivity contribution is 5.97. The van der Waals surface area contributed by atoms with Gasteiger partial charge in [0.1, 0.15) is 12.4 Å². The normalized spacial score (nSPS) is 15.5. The molecule has 0 aliphatic carbocycles. The number of benzene rings is 2. The highest BCUT2D eigenvalue weighted by atomic mass is 19.1. The number of fused-ring (bicyclic) bond motifs is 1. The van der Waals surface area contributed by atoms with Crippen LogP contribution in [-0.2, 0) is 11.3 Å². The van der Waals surface area contributed by atoms with Crippen LogP contribution in [0.1, 0.15) is 66.8 Å². The van der Waals surface area contributed by atoms with Gasteiger partial charge < -0.3 is 14.4 Å². The van der Waals surface area contributed by atoms with Crippen molar-refractivity contribution in [2.45, 2.75) is 52.2 Å². The average Bonchev–Trinajstić information content (AvgIpc) is 3.30. The van der Waals surface area contributed by atoms with Crippen LogP contribution in [-0.4, -0.2) is 45.3 Å². The third kappa shape index (κ3) is 4.63. The Morgan fingerprint density at radius 2 is 1.68 bits per heavy atom. The topological polar surface area (TPSA) is 45.6 Å². The molecule has 4 rings (SSSR count). The molecule has 2 amide bonds. The lowest BCUT2D eigenvalue weighted by Crippen LogP contribution is -2.49. The van der Waals surface area contributed by atoms with Crippen molar-refractivity contribution in [3.8, 4) is 0 Å². The number of carbonyl (C=O) groups is 2. The SMILES string of the molecule is CC(C)c1ccc(C2c3cccn3CCN2C(=O)CN(C(=O)c2ccccc2F)C(C)C)cc1. The minimum Gasteiger partial charge on any atom is -0.348 e. The van der Waals surface area contributed by atoms with Gasteiger partial charge in [0, 0.05) is 31.0 Å². The average molecular weight is 462 g/mol. The molecule has 1 atom stereocenters. The van der Waals surface area contributed by atoms with E-state index >= 15 is 0 Å². The smallest absolute Gasteiger partial charge is 0.257 e. The summed E-state index contributed by atoms with van der Waals surface area (Å²) in [4.78, 5) is 30.1. The first-order valence-electron chi connectivity index (χ1n) is 11.9. The van der Waals surface area contributed by atoms with Crippen LogP contribution in [0.4, 0.5) is 4.39 Å². The quantitative estimate of drug-likeness (QED) is 0.504. The first-order chi connectivity index (χ1) is 16.3. The highest BCUT2D eigenvalue weighted by Gasteiger charge is 2.34. The van der Waals surface area contributed by atoms with Crippen LogP contribution in [0.5, 0.6) is 0 Å². The third-order valence-corrected chi connectivity index (χ3v) is 6.57. The van der Waals surface area contributed by atoms with Crippen LogP contribution in [0.2, 0.25) is 0 Å². The Bertz CT molecular complexity index is 1170. The minimum atomic E-state index is -0.579. The maximum absolute atomic E-state index is 14.3. The Morgan fingerprint density at radius 1 is 0.971 bits per heavy atom. The Labute approximate surface area is 200 Å². The summed E-state index contributed by atoms with van der Waals surface area (Å²) in [5.74, 6) is -0.779. The van der Waals surface area contributed by atoms with E-state index in [0.29, 0.717) is 19.0 Å². The zero-order chi connectivity index (χ0) is 24.4. The van der Waals surface area contributed by atoms with Crippen LogP contribution in [0.25, 0.3) is 0 Å². The molecule has 0 N–H and O–H groups in total. The van der Waals surface area contributed by atoms with Gasteiger partial charge in [-0.2, -0.15) is 0 Å². The third-order valence-electron chi connectivity index (χ3n) is 6.57. The summed E-state index contributed by atoms with van der Waals surface area (Å²) in [7, 11) is 0. The summed E-state index contributed by atoms with van der Waals surface area (Å²) >= 11 is 0. The van der Waals surface area contributed by atoms with Crippen LogP contribution >= 0.6 is 0 Å².